The Labute approximate surface area is 183 Å². The summed E-state index contributed by atoms with van der Waals surface area (Å²) in [5.74, 6) is -0.172. The second-order valence-electron chi connectivity index (χ2n) is 7.87. The fourth-order valence-electron chi connectivity index (χ4n) is 3.01. The average molecular weight is 439 g/mol. The van der Waals surface area contributed by atoms with Gasteiger partial charge in [-0.25, -0.2) is 4.79 Å². The first-order valence-electron chi connectivity index (χ1n) is 10.2. The summed E-state index contributed by atoms with van der Waals surface area (Å²) < 4.78 is 5.29. The quantitative estimate of drug-likeness (QED) is 0.707. The predicted octanol–water partition coefficient (Wildman–Crippen LogP) is 2.54. The van der Waals surface area contributed by atoms with E-state index >= 15 is 0 Å². The van der Waals surface area contributed by atoms with E-state index in [4.69, 9.17) is 16.3 Å². The van der Waals surface area contributed by atoms with Crippen molar-refractivity contribution in [1.82, 2.24) is 14.7 Å². The van der Waals surface area contributed by atoms with Gasteiger partial charge in [-0.1, -0.05) is 37.6 Å². The summed E-state index contributed by atoms with van der Waals surface area (Å²) in [6, 6.07) is 6.95. The normalized spacial score (nSPS) is 14.9. The van der Waals surface area contributed by atoms with Crippen molar-refractivity contribution in [1.29, 1.82) is 0 Å². The Bertz CT molecular complexity index is 743. The van der Waals surface area contributed by atoms with E-state index in [1.165, 1.54) is 4.90 Å². The Hall–Kier alpha value is -2.32. The molecule has 8 nitrogen and oxygen atoms in total. The van der Waals surface area contributed by atoms with Gasteiger partial charge in [-0.15, -0.1) is 0 Å². The summed E-state index contributed by atoms with van der Waals surface area (Å²) in [6.45, 7) is 6.94. The van der Waals surface area contributed by atoms with E-state index in [1.807, 2.05) is 18.7 Å². The number of para-hydroxylation sites is 1. The summed E-state index contributed by atoms with van der Waals surface area (Å²) in [4.78, 5) is 42.0. The molecule has 1 saturated heterocycles. The molecule has 30 heavy (non-hydrogen) atoms. The number of hydrogen-bond donors (Lipinski definition) is 1. The van der Waals surface area contributed by atoms with E-state index < -0.39 is 0 Å². The van der Waals surface area contributed by atoms with Gasteiger partial charge in [0.1, 0.15) is 0 Å². The molecule has 1 aliphatic heterocycles. The number of rotatable bonds is 7. The molecule has 0 saturated carbocycles. The maximum absolute atomic E-state index is 12.5. The molecule has 1 fully saturated rings. The molecule has 0 aliphatic carbocycles. The van der Waals surface area contributed by atoms with Crippen LogP contribution in [0, 0.1) is 5.92 Å². The number of carbonyl (C=O) groups excluding carboxylic acids is 3. The van der Waals surface area contributed by atoms with Crippen LogP contribution >= 0.6 is 11.6 Å². The molecule has 9 heteroatoms. The lowest BCUT2D eigenvalue weighted by Gasteiger charge is -2.24. The monoisotopic (exact) mass is 438 g/mol. The molecule has 2 rings (SSSR count). The Kier molecular flexibility index (Phi) is 9.39. The van der Waals surface area contributed by atoms with Crippen LogP contribution in [0.4, 0.5) is 10.5 Å². The van der Waals surface area contributed by atoms with Crippen LogP contribution in [0.3, 0.4) is 0 Å². The van der Waals surface area contributed by atoms with Crippen molar-refractivity contribution in [3.8, 4) is 0 Å². The number of carbonyl (C=O) groups is 3. The topological polar surface area (TPSA) is 82.2 Å². The van der Waals surface area contributed by atoms with Crippen molar-refractivity contribution in [2.24, 2.45) is 5.92 Å². The minimum atomic E-state index is -0.311. The average Bonchev–Trinajstić information content (AvgIpc) is 2.93. The zero-order valence-electron chi connectivity index (χ0n) is 17.9. The van der Waals surface area contributed by atoms with Gasteiger partial charge < -0.3 is 19.9 Å². The number of anilines is 1. The minimum Gasteiger partial charge on any atom is -0.449 e. The first-order valence-corrected chi connectivity index (χ1v) is 10.6. The van der Waals surface area contributed by atoms with Crippen LogP contribution in [0.5, 0.6) is 0 Å². The maximum atomic E-state index is 12.5. The van der Waals surface area contributed by atoms with Gasteiger partial charge in [0.15, 0.2) is 0 Å². The SMILES string of the molecule is CC(C)COC(=O)N1CCCN(CC(=O)N(C)CC(=O)Nc2ccccc2Cl)CC1. The number of ether oxygens (including phenoxy) is 1. The highest BCUT2D eigenvalue weighted by atomic mass is 35.5. The molecule has 1 aromatic carbocycles. The van der Waals surface area contributed by atoms with Gasteiger partial charge in [-0.3, -0.25) is 14.5 Å². The van der Waals surface area contributed by atoms with Crippen LogP contribution in [0.15, 0.2) is 24.3 Å². The lowest BCUT2D eigenvalue weighted by atomic mass is 10.2. The fraction of sp³-hybridized carbons (Fsp3) is 0.571. The van der Waals surface area contributed by atoms with Crippen molar-refractivity contribution >= 4 is 35.2 Å². The first kappa shape index (κ1) is 24.0. The molecule has 0 radical (unpaired) electrons. The van der Waals surface area contributed by atoms with Crippen LogP contribution < -0.4 is 5.32 Å². The molecule has 3 amide bonds. The standard InChI is InChI=1S/C21H31ClN4O4/c1-16(2)15-30-21(29)26-10-6-9-25(11-12-26)14-20(28)24(3)13-19(27)23-18-8-5-4-7-17(18)22/h4-5,7-8,16H,6,9-15H2,1-3H3,(H,23,27). The number of benzene rings is 1. The van der Waals surface area contributed by atoms with Crippen LogP contribution in [0.2, 0.25) is 5.02 Å². The summed E-state index contributed by atoms with van der Waals surface area (Å²) in [5.41, 5.74) is 0.516. The van der Waals surface area contributed by atoms with Gasteiger partial charge in [-0.05, 0) is 24.5 Å². The van der Waals surface area contributed by atoms with Gasteiger partial charge in [0.25, 0.3) is 0 Å². The van der Waals surface area contributed by atoms with E-state index in [0.29, 0.717) is 49.4 Å². The lowest BCUT2D eigenvalue weighted by molar-refractivity contribution is -0.134. The molecular weight excluding hydrogens is 408 g/mol. The Balaban J connectivity index is 1.77. The van der Waals surface area contributed by atoms with Crippen LogP contribution in [-0.2, 0) is 14.3 Å². The molecule has 0 aromatic heterocycles. The van der Waals surface area contributed by atoms with Crippen molar-refractivity contribution in [2.75, 3.05) is 58.2 Å². The van der Waals surface area contributed by atoms with Crippen LogP contribution in [-0.4, -0.2) is 85.5 Å². The molecule has 0 bridgehead atoms. The molecule has 1 heterocycles. The summed E-state index contributed by atoms with van der Waals surface area (Å²) in [5, 5.41) is 3.16. The van der Waals surface area contributed by atoms with E-state index in [9.17, 15) is 14.4 Å². The zero-order valence-corrected chi connectivity index (χ0v) is 18.7. The third kappa shape index (κ3) is 7.84. The molecule has 0 atom stereocenters. The van der Waals surface area contributed by atoms with Crippen molar-refractivity contribution in [3.63, 3.8) is 0 Å². The number of likely N-dealkylation sites (N-methyl/N-ethyl adjacent to an activating group) is 1. The summed E-state index contributed by atoms with van der Waals surface area (Å²) >= 11 is 6.04. The van der Waals surface area contributed by atoms with Crippen LogP contribution in [0.1, 0.15) is 20.3 Å². The van der Waals surface area contributed by atoms with Gasteiger partial charge >= 0.3 is 6.09 Å². The van der Waals surface area contributed by atoms with Crippen LogP contribution in [0.25, 0.3) is 0 Å². The molecule has 0 spiro atoms. The van der Waals surface area contributed by atoms with Gasteiger partial charge in [0.05, 0.1) is 30.4 Å². The van der Waals surface area contributed by atoms with Crippen molar-refractivity contribution < 1.29 is 19.1 Å². The van der Waals surface area contributed by atoms with Gasteiger partial charge in [-0.2, -0.15) is 0 Å². The Morgan fingerprint density at radius 1 is 1.17 bits per heavy atom. The Morgan fingerprint density at radius 2 is 1.90 bits per heavy atom. The highest BCUT2D eigenvalue weighted by Gasteiger charge is 2.23. The number of amides is 3. The number of nitrogens with one attached hydrogen (secondary N) is 1. The Morgan fingerprint density at radius 3 is 2.60 bits per heavy atom. The van der Waals surface area contributed by atoms with Gasteiger partial charge in [0.2, 0.25) is 11.8 Å². The summed E-state index contributed by atoms with van der Waals surface area (Å²) in [6.07, 6.45) is 0.464. The van der Waals surface area contributed by atoms with E-state index in [0.717, 1.165) is 6.42 Å². The maximum Gasteiger partial charge on any atom is 0.409 e. The molecule has 0 unspecified atom stereocenters. The first-order chi connectivity index (χ1) is 14.3. The molecule has 1 aromatic rings. The summed E-state index contributed by atoms with van der Waals surface area (Å²) in [7, 11) is 1.60. The highest BCUT2D eigenvalue weighted by molar-refractivity contribution is 6.33. The molecule has 1 N–H and O–H groups in total. The second kappa shape index (κ2) is 11.8. The predicted molar refractivity (Wildman–Crippen MR) is 117 cm³/mol. The van der Waals surface area contributed by atoms with Crippen molar-refractivity contribution in [2.45, 2.75) is 20.3 Å². The smallest absolute Gasteiger partial charge is 0.409 e. The van der Waals surface area contributed by atoms with Gasteiger partial charge in [0, 0.05) is 33.2 Å². The largest absolute Gasteiger partial charge is 0.449 e. The fourth-order valence-corrected chi connectivity index (χ4v) is 3.19. The minimum absolute atomic E-state index is 0.0639. The molecule has 166 valence electrons. The third-order valence-corrected chi connectivity index (χ3v) is 5.03. The molecular formula is C21H31ClN4O4. The third-order valence-electron chi connectivity index (χ3n) is 4.70. The van der Waals surface area contributed by atoms with E-state index in [1.54, 1.807) is 36.2 Å². The number of nitrogens with zero attached hydrogens (tertiary/aromatic N) is 3. The second-order valence-corrected chi connectivity index (χ2v) is 8.27. The van der Waals surface area contributed by atoms with Crippen molar-refractivity contribution in [3.05, 3.63) is 29.3 Å². The zero-order chi connectivity index (χ0) is 22.1. The number of hydrogen-bond acceptors (Lipinski definition) is 5. The highest BCUT2D eigenvalue weighted by Crippen LogP contribution is 2.20. The number of halogens is 1. The lowest BCUT2D eigenvalue weighted by Crippen LogP contribution is -2.43. The molecule has 1 aliphatic rings. The van der Waals surface area contributed by atoms with E-state index in [2.05, 4.69) is 5.32 Å². The van der Waals surface area contributed by atoms with E-state index in [-0.39, 0.29) is 31.0 Å².